The van der Waals surface area contributed by atoms with Crippen LogP contribution in [0.5, 0.6) is 0 Å². The van der Waals surface area contributed by atoms with Gasteiger partial charge in [-0.3, -0.25) is 4.90 Å². The third-order valence-electron chi connectivity index (χ3n) is 6.15. The maximum atomic E-state index is 14.1. The monoisotopic (exact) mass is 472 g/mol. The highest BCUT2D eigenvalue weighted by Gasteiger charge is 2.36. The number of anilines is 1. The second-order valence-corrected chi connectivity index (χ2v) is 8.47. The number of allylic oxidation sites excluding steroid dienone is 1. The molecule has 1 aliphatic heterocycles. The molecular weight excluding hydrogens is 450 g/mol. The molecule has 1 unspecified atom stereocenters. The van der Waals surface area contributed by atoms with Crippen LogP contribution < -0.4 is 10.2 Å². The molecule has 3 aromatic carbocycles. The van der Waals surface area contributed by atoms with Crippen LogP contribution in [0.4, 0.5) is 19.3 Å². The lowest BCUT2D eigenvalue weighted by Crippen LogP contribution is -2.46. The van der Waals surface area contributed by atoms with E-state index < -0.39 is 17.7 Å². The van der Waals surface area contributed by atoms with E-state index in [1.54, 1.807) is 31.2 Å². The summed E-state index contributed by atoms with van der Waals surface area (Å²) >= 11 is 0. The Morgan fingerprint density at radius 2 is 1.66 bits per heavy atom. The molecule has 0 saturated heterocycles. The molecule has 5 rings (SSSR count). The molecule has 0 radical (unpaired) electrons. The van der Waals surface area contributed by atoms with Crippen LogP contribution in [-0.2, 0) is 0 Å². The second-order valence-electron chi connectivity index (χ2n) is 8.47. The van der Waals surface area contributed by atoms with E-state index in [1.165, 1.54) is 29.2 Å². The topological polar surface area (TPSA) is 71.3 Å². The first kappa shape index (κ1) is 22.5. The standard InChI is InChI=1S/C27H22F2N4O2/c1-15-10-11-22(12-16(15)2)33-17(3)23(24(30-27(33)34)18-6-4-8-20(28)13-18)26-31-25(32-35-26)19-7-5-9-21(29)14-19/h4-14,24H,1-3H3,(H,30,34). The van der Waals surface area contributed by atoms with Crippen molar-refractivity contribution < 1.29 is 18.1 Å². The van der Waals surface area contributed by atoms with Crippen LogP contribution >= 0.6 is 0 Å². The van der Waals surface area contributed by atoms with E-state index in [1.807, 2.05) is 32.0 Å². The Hall–Kier alpha value is -4.33. The van der Waals surface area contributed by atoms with Gasteiger partial charge >= 0.3 is 6.03 Å². The zero-order valence-electron chi connectivity index (χ0n) is 19.3. The average molecular weight is 472 g/mol. The van der Waals surface area contributed by atoms with Crippen molar-refractivity contribution in [1.29, 1.82) is 0 Å². The van der Waals surface area contributed by atoms with Crippen molar-refractivity contribution in [2.75, 3.05) is 4.90 Å². The Morgan fingerprint density at radius 1 is 0.914 bits per heavy atom. The molecule has 1 atom stereocenters. The van der Waals surface area contributed by atoms with Gasteiger partial charge in [-0.15, -0.1) is 0 Å². The van der Waals surface area contributed by atoms with Gasteiger partial charge in [0.15, 0.2) is 0 Å². The Balaban J connectivity index is 1.67. The SMILES string of the molecule is CC1=C(c2nc(-c3cccc(F)c3)no2)C(c2cccc(F)c2)NC(=O)N1c1ccc(C)c(C)c1. The number of urea groups is 1. The highest BCUT2D eigenvalue weighted by atomic mass is 19.1. The van der Waals surface area contributed by atoms with E-state index in [4.69, 9.17) is 4.52 Å². The Kier molecular flexibility index (Phi) is 5.64. The quantitative estimate of drug-likeness (QED) is 0.377. The molecule has 1 N–H and O–H groups in total. The van der Waals surface area contributed by atoms with Crippen LogP contribution in [0, 0.1) is 25.5 Å². The van der Waals surface area contributed by atoms with E-state index in [9.17, 15) is 13.6 Å². The zero-order chi connectivity index (χ0) is 24.7. The predicted octanol–water partition coefficient (Wildman–Crippen LogP) is 6.33. The third kappa shape index (κ3) is 4.19. The minimum absolute atomic E-state index is 0.143. The van der Waals surface area contributed by atoms with Gasteiger partial charge in [0.05, 0.1) is 17.3 Å². The van der Waals surface area contributed by atoms with Gasteiger partial charge in [-0.05, 0) is 73.9 Å². The van der Waals surface area contributed by atoms with Crippen LogP contribution in [0.2, 0.25) is 0 Å². The summed E-state index contributed by atoms with van der Waals surface area (Å²) in [6.07, 6.45) is 0. The molecule has 1 aromatic heterocycles. The number of carbonyl (C=O) groups excluding carboxylic acids is 1. The van der Waals surface area contributed by atoms with Crippen molar-refractivity contribution in [2.24, 2.45) is 0 Å². The summed E-state index contributed by atoms with van der Waals surface area (Å²) in [6.45, 7) is 5.75. The minimum atomic E-state index is -0.734. The number of nitrogens with zero attached hydrogens (tertiary/aromatic N) is 3. The van der Waals surface area contributed by atoms with E-state index in [0.717, 1.165) is 11.1 Å². The lowest BCUT2D eigenvalue weighted by molar-refractivity contribution is 0.244. The molecule has 8 heteroatoms. The molecule has 2 heterocycles. The number of benzene rings is 3. The summed E-state index contributed by atoms with van der Waals surface area (Å²) < 4.78 is 33.5. The van der Waals surface area contributed by atoms with Gasteiger partial charge in [-0.25, -0.2) is 13.6 Å². The molecule has 1 aliphatic rings. The number of aromatic nitrogens is 2. The molecule has 6 nitrogen and oxygen atoms in total. The highest BCUT2D eigenvalue weighted by molar-refractivity contribution is 6.01. The van der Waals surface area contributed by atoms with Crippen molar-refractivity contribution in [1.82, 2.24) is 15.5 Å². The van der Waals surface area contributed by atoms with Crippen LogP contribution in [0.3, 0.4) is 0 Å². The van der Waals surface area contributed by atoms with E-state index in [0.29, 0.717) is 28.1 Å². The van der Waals surface area contributed by atoms with Crippen molar-refractivity contribution in [2.45, 2.75) is 26.8 Å². The van der Waals surface area contributed by atoms with Gasteiger partial charge in [-0.2, -0.15) is 4.98 Å². The van der Waals surface area contributed by atoms with Gasteiger partial charge in [0.1, 0.15) is 11.6 Å². The van der Waals surface area contributed by atoms with Gasteiger partial charge in [-0.1, -0.05) is 35.5 Å². The number of halogens is 2. The minimum Gasteiger partial charge on any atom is -0.334 e. The molecule has 176 valence electrons. The summed E-state index contributed by atoms with van der Waals surface area (Å²) in [4.78, 5) is 19.3. The molecule has 0 spiro atoms. The summed E-state index contributed by atoms with van der Waals surface area (Å²) in [6, 6.07) is 16.5. The van der Waals surface area contributed by atoms with Gasteiger partial charge < -0.3 is 9.84 Å². The summed E-state index contributed by atoms with van der Waals surface area (Å²) in [5.41, 5.74) is 4.85. The van der Waals surface area contributed by atoms with Crippen LogP contribution in [0.15, 0.2) is 77.0 Å². The fraction of sp³-hybridized carbons (Fsp3) is 0.148. The van der Waals surface area contributed by atoms with Crippen LogP contribution in [0.1, 0.15) is 35.5 Å². The number of amides is 2. The van der Waals surface area contributed by atoms with Gasteiger partial charge in [0.25, 0.3) is 5.89 Å². The summed E-state index contributed by atoms with van der Waals surface area (Å²) in [5, 5.41) is 6.99. The molecule has 4 aromatic rings. The molecule has 35 heavy (non-hydrogen) atoms. The molecule has 0 aliphatic carbocycles. The average Bonchev–Trinajstić information content (AvgIpc) is 3.31. The fourth-order valence-corrected chi connectivity index (χ4v) is 4.21. The first-order chi connectivity index (χ1) is 16.8. The summed E-state index contributed by atoms with van der Waals surface area (Å²) in [7, 11) is 0. The maximum Gasteiger partial charge on any atom is 0.326 e. The van der Waals surface area contributed by atoms with Crippen molar-refractivity contribution in [3.05, 3.63) is 107 Å². The fourth-order valence-electron chi connectivity index (χ4n) is 4.21. The highest BCUT2D eigenvalue weighted by Crippen LogP contribution is 2.39. The lowest BCUT2D eigenvalue weighted by atomic mass is 9.94. The van der Waals surface area contributed by atoms with Gasteiger partial charge in [0, 0.05) is 11.3 Å². The maximum absolute atomic E-state index is 14.1. The summed E-state index contributed by atoms with van der Waals surface area (Å²) in [5.74, 6) is -0.513. The second kappa shape index (κ2) is 8.79. The normalized spacial score (nSPS) is 16.0. The Morgan fingerprint density at radius 3 is 2.37 bits per heavy atom. The zero-order valence-corrected chi connectivity index (χ0v) is 19.3. The van der Waals surface area contributed by atoms with Crippen molar-refractivity contribution >= 4 is 17.3 Å². The first-order valence-electron chi connectivity index (χ1n) is 11.1. The lowest BCUT2D eigenvalue weighted by Gasteiger charge is -2.35. The smallest absolute Gasteiger partial charge is 0.326 e. The van der Waals surface area contributed by atoms with E-state index in [-0.39, 0.29) is 17.7 Å². The van der Waals surface area contributed by atoms with Crippen LogP contribution in [0.25, 0.3) is 17.0 Å². The number of aryl methyl sites for hydroxylation is 2. The molecular formula is C27H22F2N4O2. The number of hydrogen-bond acceptors (Lipinski definition) is 4. The molecule has 0 fully saturated rings. The van der Waals surface area contributed by atoms with E-state index >= 15 is 0 Å². The molecule has 2 amide bonds. The molecule has 0 saturated carbocycles. The third-order valence-corrected chi connectivity index (χ3v) is 6.15. The number of rotatable bonds is 4. The van der Waals surface area contributed by atoms with Crippen molar-refractivity contribution in [3.8, 4) is 11.4 Å². The Bertz CT molecular complexity index is 1480. The van der Waals surface area contributed by atoms with Crippen LogP contribution in [-0.4, -0.2) is 16.2 Å². The Labute approximate surface area is 200 Å². The largest absolute Gasteiger partial charge is 0.334 e. The number of carbonyl (C=O) groups is 1. The molecule has 0 bridgehead atoms. The van der Waals surface area contributed by atoms with E-state index in [2.05, 4.69) is 15.5 Å². The van der Waals surface area contributed by atoms with Gasteiger partial charge in [0.2, 0.25) is 5.82 Å². The predicted molar refractivity (Wildman–Crippen MR) is 128 cm³/mol. The first-order valence-corrected chi connectivity index (χ1v) is 11.1. The number of hydrogen-bond donors (Lipinski definition) is 1. The number of nitrogens with one attached hydrogen (secondary N) is 1. The van der Waals surface area contributed by atoms with Crippen molar-refractivity contribution in [3.63, 3.8) is 0 Å².